The summed E-state index contributed by atoms with van der Waals surface area (Å²) in [6, 6.07) is 4.57. The molecule has 1 aromatic carbocycles. The van der Waals surface area contributed by atoms with Gasteiger partial charge in [-0.25, -0.2) is 9.37 Å². The van der Waals surface area contributed by atoms with Crippen LogP contribution in [0.5, 0.6) is 0 Å². The van der Waals surface area contributed by atoms with Crippen molar-refractivity contribution in [1.82, 2.24) is 9.36 Å². The molecule has 0 aliphatic rings. The zero-order valence-corrected chi connectivity index (χ0v) is 9.70. The molecule has 2 aromatic rings. The van der Waals surface area contributed by atoms with Crippen LogP contribution in [0.1, 0.15) is 10.6 Å². The molecule has 1 aromatic heterocycles. The third kappa shape index (κ3) is 2.45. The highest BCUT2D eigenvalue weighted by Crippen LogP contribution is 2.23. The normalized spacial score (nSPS) is 10.6. The number of aromatic nitrogens is 2. The first-order valence-corrected chi connectivity index (χ1v) is 5.60. The predicted molar refractivity (Wildman–Crippen MR) is 59.1 cm³/mol. The van der Waals surface area contributed by atoms with Gasteiger partial charge in [-0.3, -0.25) is 0 Å². The Morgan fingerprint density at radius 3 is 2.73 bits per heavy atom. The molecule has 0 bridgehead atoms. The van der Waals surface area contributed by atoms with Crippen LogP contribution in [0.25, 0.3) is 0 Å². The van der Waals surface area contributed by atoms with E-state index in [0.717, 1.165) is 11.5 Å². The van der Waals surface area contributed by atoms with Crippen molar-refractivity contribution in [2.24, 2.45) is 0 Å². The van der Waals surface area contributed by atoms with E-state index in [9.17, 15) is 4.39 Å². The van der Waals surface area contributed by atoms with Crippen LogP contribution in [0.15, 0.2) is 18.2 Å². The minimum Gasteiger partial charge on any atom is -0.209 e. The lowest BCUT2D eigenvalue weighted by Gasteiger charge is -2.02. The molecule has 0 atom stereocenters. The van der Waals surface area contributed by atoms with E-state index in [-0.39, 0.29) is 11.1 Å². The molecule has 2 nitrogen and oxygen atoms in total. The lowest BCUT2D eigenvalue weighted by Crippen LogP contribution is -1.93. The molecular weight excluding hydrogens is 258 g/mol. The molecule has 1 heterocycles. The van der Waals surface area contributed by atoms with Crippen LogP contribution < -0.4 is 0 Å². The molecule has 0 saturated carbocycles. The number of rotatable bonds is 2. The van der Waals surface area contributed by atoms with Gasteiger partial charge in [-0.15, -0.1) is 0 Å². The van der Waals surface area contributed by atoms with E-state index < -0.39 is 0 Å². The smallest absolute Gasteiger partial charge is 0.209 e. The highest BCUT2D eigenvalue weighted by molar-refractivity contribution is 7.05. The molecular formula is C9H5Cl2FN2S. The van der Waals surface area contributed by atoms with Gasteiger partial charge in [0.15, 0.2) is 0 Å². The number of benzene rings is 1. The molecule has 0 amide bonds. The van der Waals surface area contributed by atoms with Crippen LogP contribution >= 0.6 is 34.7 Å². The van der Waals surface area contributed by atoms with Crippen LogP contribution in [-0.2, 0) is 6.42 Å². The summed E-state index contributed by atoms with van der Waals surface area (Å²) in [5, 5.41) is 1.22. The average Bonchev–Trinajstić information content (AvgIpc) is 2.58. The van der Waals surface area contributed by atoms with Crippen molar-refractivity contribution in [3.8, 4) is 0 Å². The second kappa shape index (κ2) is 4.43. The van der Waals surface area contributed by atoms with Crippen LogP contribution in [-0.4, -0.2) is 9.36 Å². The van der Waals surface area contributed by atoms with E-state index in [2.05, 4.69) is 9.36 Å². The summed E-state index contributed by atoms with van der Waals surface area (Å²) in [5.74, 6) is -0.339. The van der Waals surface area contributed by atoms with Gasteiger partial charge in [-0.2, -0.15) is 4.37 Å². The Kier molecular flexibility index (Phi) is 3.19. The molecule has 6 heteroatoms. The molecule has 0 N–H and O–H groups in total. The van der Waals surface area contributed by atoms with Crippen molar-refractivity contribution in [3.63, 3.8) is 0 Å². The molecule has 0 fully saturated rings. The van der Waals surface area contributed by atoms with E-state index in [1.54, 1.807) is 12.1 Å². The quantitative estimate of drug-likeness (QED) is 0.827. The van der Waals surface area contributed by atoms with Crippen molar-refractivity contribution in [2.75, 3.05) is 0 Å². The highest BCUT2D eigenvalue weighted by Gasteiger charge is 2.10. The maximum atomic E-state index is 13.4. The van der Waals surface area contributed by atoms with Gasteiger partial charge in [0, 0.05) is 17.0 Å². The third-order valence-electron chi connectivity index (χ3n) is 1.83. The fourth-order valence-corrected chi connectivity index (χ4v) is 2.20. The molecule has 78 valence electrons. The van der Waals surface area contributed by atoms with E-state index in [1.165, 1.54) is 6.07 Å². The lowest BCUT2D eigenvalue weighted by molar-refractivity contribution is 0.614. The highest BCUT2D eigenvalue weighted by atomic mass is 35.5. The van der Waals surface area contributed by atoms with Crippen LogP contribution in [0.2, 0.25) is 10.3 Å². The van der Waals surface area contributed by atoms with Crippen molar-refractivity contribution in [3.05, 3.63) is 44.9 Å². The third-order valence-corrected chi connectivity index (χ3v) is 3.17. The maximum absolute atomic E-state index is 13.4. The van der Waals surface area contributed by atoms with E-state index in [0.29, 0.717) is 22.0 Å². The molecule has 0 aliphatic heterocycles. The summed E-state index contributed by atoms with van der Waals surface area (Å²) in [7, 11) is 0. The Morgan fingerprint density at radius 1 is 1.33 bits per heavy atom. The van der Waals surface area contributed by atoms with E-state index in [4.69, 9.17) is 23.2 Å². The van der Waals surface area contributed by atoms with E-state index in [1.807, 2.05) is 0 Å². The SMILES string of the molecule is Fc1cccc(Cl)c1Cc1nc(Cl)ns1. The molecule has 0 saturated heterocycles. The first-order valence-electron chi connectivity index (χ1n) is 4.08. The topological polar surface area (TPSA) is 25.8 Å². The first-order chi connectivity index (χ1) is 7.16. The average molecular weight is 263 g/mol. The zero-order chi connectivity index (χ0) is 10.8. The van der Waals surface area contributed by atoms with Gasteiger partial charge in [0.2, 0.25) is 5.28 Å². The molecule has 0 aliphatic carbocycles. The largest absolute Gasteiger partial charge is 0.234 e. The van der Waals surface area contributed by atoms with Crippen molar-refractivity contribution in [1.29, 1.82) is 0 Å². The number of halogens is 3. The summed E-state index contributed by atoms with van der Waals surface area (Å²) < 4.78 is 17.2. The minimum atomic E-state index is -0.339. The Bertz CT molecular complexity index is 466. The Hall–Kier alpha value is -0.710. The van der Waals surface area contributed by atoms with Gasteiger partial charge in [-0.1, -0.05) is 17.7 Å². The fourth-order valence-electron chi connectivity index (χ4n) is 1.16. The van der Waals surface area contributed by atoms with Gasteiger partial charge in [0.25, 0.3) is 0 Å². The molecule has 0 spiro atoms. The molecule has 0 radical (unpaired) electrons. The van der Waals surface area contributed by atoms with Crippen LogP contribution in [0.3, 0.4) is 0 Å². The van der Waals surface area contributed by atoms with Crippen molar-refractivity contribution >= 4 is 34.7 Å². The first kappa shape index (κ1) is 10.8. The van der Waals surface area contributed by atoms with Gasteiger partial charge in [-0.05, 0) is 35.3 Å². The van der Waals surface area contributed by atoms with Crippen LogP contribution in [0, 0.1) is 5.82 Å². The second-order valence-electron chi connectivity index (χ2n) is 2.83. The van der Waals surface area contributed by atoms with Crippen LogP contribution in [0.4, 0.5) is 4.39 Å². The molecule has 15 heavy (non-hydrogen) atoms. The summed E-state index contributed by atoms with van der Waals surface area (Å²) >= 11 is 12.6. The Morgan fingerprint density at radius 2 is 2.13 bits per heavy atom. The number of nitrogens with zero attached hydrogens (tertiary/aromatic N) is 2. The Balaban J connectivity index is 2.31. The predicted octanol–water partition coefficient (Wildman–Crippen LogP) is 3.57. The van der Waals surface area contributed by atoms with Gasteiger partial charge in [0.1, 0.15) is 10.8 Å². The summed E-state index contributed by atoms with van der Waals surface area (Å²) in [5.41, 5.74) is 0.423. The Labute approximate surface area is 99.8 Å². The summed E-state index contributed by atoms with van der Waals surface area (Å²) in [6.45, 7) is 0. The fraction of sp³-hybridized carbons (Fsp3) is 0.111. The van der Waals surface area contributed by atoms with Crippen molar-refractivity contribution in [2.45, 2.75) is 6.42 Å². The van der Waals surface area contributed by atoms with Gasteiger partial charge in [0.05, 0.1) is 0 Å². The summed E-state index contributed by atoms with van der Waals surface area (Å²) in [6.07, 6.45) is 0.315. The van der Waals surface area contributed by atoms with E-state index >= 15 is 0 Å². The maximum Gasteiger partial charge on any atom is 0.234 e. The molecule has 2 rings (SSSR count). The second-order valence-corrected chi connectivity index (χ2v) is 4.42. The zero-order valence-electron chi connectivity index (χ0n) is 7.38. The van der Waals surface area contributed by atoms with Gasteiger partial charge >= 0.3 is 0 Å². The van der Waals surface area contributed by atoms with Gasteiger partial charge < -0.3 is 0 Å². The van der Waals surface area contributed by atoms with Crippen molar-refractivity contribution < 1.29 is 4.39 Å². The summed E-state index contributed by atoms with van der Waals surface area (Å²) in [4.78, 5) is 3.94. The minimum absolute atomic E-state index is 0.183. The number of hydrogen-bond acceptors (Lipinski definition) is 3. The lowest BCUT2D eigenvalue weighted by atomic mass is 10.1. The number of hydrogen-bond donors (Lipinski definition) is 0. The molecule has 0 unspecified atom stereocenters. The standard InChI is InChI=1S/C9H5Cl2FN2S/c10-6-2-1-3-7(12)5(6)4-8-13-9(11)14-15-8/h1-3H,4H2. The monoisotopic (exact) mass is 262 g/mol.